The van der Waals surface area contributed by atoms with Gasteiger partial charge in [-0.2, -0.15) is 11.8 Å². The fourth-order valence-corrected chi connectivity index (χ4v) is 3.06. The minimum absolute atomic E-state index is 0.00147. The van der Waals surface area contributed by atoms with Crippen LogP contribution in [-0.2, 0) is 10.5 Å². The highest BCUT2D eigenvalue weighted by atomic mass is 32.2. The number of rotatable bonds is 8. The lowest BCUT2D eigenvalue weighted by molar-refractivity contribution is -0.116. The number of thioether (sulfide) groups is 1. The quantitative estimate of drug-likeness (QED) is 0.572. The molecule has 0 atom stereocenters. The Morgan fingerprint density at radius 1 is 1.04 bits per heavy atom. The standard InChI is InChI=1S/C19H21NO2S/c1-15(21)17-9-5-10-18(13-17)20-19(22)11-6-12-23-14-16-7-3-2-4-8-16/h2-5,7-10,13H,6,11-12,14H2,1H3,(H,20,22). The fraction of sp³-hybridized carbons (Fsp3) is 0.263. The molecule has 0 aliphatic carbocycles. The van der Waals surface area contributed by atoms with Crippen molar-refractivity contribution >= 4 is 29.1 Å². The molecule has 0 bridgehead atoms. The van der Waals surface area contributed by atoms with E-state index in [0.717, 1.165) is 17.9 Å². The molecular formula is C19H21NO2S. The maximum atomic E-state index is 11.9. The maximum absolute atomic E-state index is 11.9. The molecule has 4 heteroatoms. The van der Waals surface area contributed by atoms with Crippen LogP contribution >= 0.6 is 11.8 Å². The number of Topliss-reactive ketones (excluding diaryl/α,β-unsaturated/α-hetero) is 1. The molecular weight excluding hydrogens is 306 g/mol. The first-order valence-electron chi connectivity index (χ1n) is 7.67. The highest BCUT2D eigenvalue weighted by Crippen LogP contribution is 2.15. The van der Waals surface area contributed by atoms with Crippen molar-refractivity contribution in [3.8, 4) is 0 Å². The zero-order valence-corrected chi connectivity index (χ0v) is 14.1. The van der Waals surface area contributed by atoms with Gasteiger partial charge in [0.15, 0.2) is 5.78 Å². The minimum atomic E-state index is -0.00832. The van der Waals surface area contributed by atoms with E-state index in [-0.39, 0.29) is 11.7 Å². The Bertz CT molecular complexity index is 655. The highest BCUT2D eigenvalue weighted by molar-refractivity contribution is 7.98. The molecule has 0 aromatic heterocycles. The first-order valence-corrected chi connectivity index (χ1v) is 8.83. The van der Waals surface area contributed by atoms with E-state index in [1.165, 1.54) is 12.5 Å². The highest BCUT2D eigenvalue weighted by Gasteiger charge is 2.05. The van der Waals surface area contributed by atoms with Gasteiger partial charge in [0.05, 0.1) is 0 Å². The molecule has 1 amide bonds. The van der Waals surface area contributed by atoms with Gasteiger partial charge < -0.3 is 5.32 Å². The summed E-state index contributed by atoms with van der Waals surface area (Å²) in [6, 6.07) is 17.4. The molecule has 0 saturated heterocycles. The van der Waals surface area contributed by atoms with Gasteiger partial charge in [-0.1, -0.05) is 42.5 Å². The average molecular weight is 327 g/mol. The van der Waals surface area contributed by atoms with Crippen LogP contribution in [0.25, 0.3) is 0 Å². The van der Waals surface area contributed by atoms with Gasteiger partial charge >= 0.3 is 0 Å². The smallest absolute Gasteiger partial charge is 0.224 e. The second-order valence-corrected chi connectivity index (χ2v) is 6.43. The summed E-state index contributed by atoms with van der Waals surface area (Å²) in [5, 5.41) is 2.85. The second kappa shape index (κ2) is 9.16. The molecule has 2 aromatic carbocycles. The molecule has 0 aliphatic heterocycles. The van der Waals surface area contributed by atoms with Gasteiger partial charge in [-0.15, -0.1) is 0 Å². The first-order chi connectivity index (χ1) is 11.1. The molecule has 0 radical (unpaired) electrons. The van der Waals surface area contributed by atoms with Crippen LogP contribution < -0.4 is 5.32 Å². The minimum Gasteiger partial charge on any atom is -0.326 e. The number of carbonyl (C=O) groups excluding carboxylic acids is 2. The maximum Gasteiger partial charge on any atom is 0.224 e. The van der Waals surface area contributed by atoms with Gasteiger partial charge in [-0.3, -0.25) is 9.59 Å². The lowest BCUT2D eigenvalue weighted by Gasteiger charge is -2.06. The predicted molar refractivity (Wildman–Crippen MR) is 96.9 cm³/mol. The van der Waals surface area contributed by atoms with Crippen LogP contribution in [0.2, 0.25) is 0 Å². The molecule has 2 aromatic rings. The van der Waals surface area contributed by atoms with Crippen molar-refractivity contribution in [3.63, 3.8) is 0 Å². The molecule has 0 fully saturated rings. The summed E-state index contributed by atoms with van der Waals surface area (Å²) >= 11 is 1.84. The summed E-state index contributed by atoms with van der Waals surface area (Å²) in [7, 11) is 0. The van der Waals surface area contributed by atoms with E-state index in [0.29, 0.717) is 17.7 Å². The predicted octanol–water partition coefficient (Wildman–Crippen LogP) is 4.54. The van der Waals surface area contributed by atoms with Gasteiger partial charge in [-0.05, 0) is 36.8 Å². The Labute approximate surface area is 141 Å². The van der Waals surface area contributed by atoms with Crippen molar-refractivity contribution in [2.45, 2.75) is 25.5 Å². The van der Waals surface area contributed by atoms with Crippen molar-refractivity contribution in [1.29, 1.82) is 0 Å². The van der Waals surface area contributed by atoms with Gasteiger partial charge in [0.1, 0.15) is 0 Å². The number of amides is 1. The molecule has 0 aliphatic rings. The second-order valence-electron chi connectivity index (χ2n) is 5.33. The summed E-state index contributed by atoms with van der Waals surface area (Å²) in [5.74, 6) is 1.92. The number of benzene rings is 2. The molecule has 23 heavy (non-hydrogen) atoms. The van der Waals surface area contributed by atoms with Crippen LogP contribution in [0.1, 0.15) is 35.7 Å². The van der Waals surface area contributed by atoms with Crippen LogP contribution in [0.3, 0.4) is 0 Å². The van der Waals surface area contributed by atoms with Crippen LogP contribution in [0, 0.1) is 0 Å². The molecule has 0 spiro atoms. The number of anilines is 1. The summed E-state index contributed by atoms with van der Waals surface area (Å²) < 4.78 is 0. The normalized spacial score (nSPS) is 10.3. The van der Waals surface area contributed by atoms with Crippen LogP contribution in [0.4, 0.5) is 5.69 Å². The zero-order chi connectivity index (χ0) is 16.5. The molecule has 0 heterocycles. The Morgan fingerprint density at radius 3 is 2.57 bits per heavy atom. The van der Waals surface area contributed by atoms with Gasteiger partial charge in [-0.25, -0.2) is 0 Å². The molecule has 0 saturated carbocycles. The Kier molecular flexibility index (Phi) is 6.88. The van der Waals surface area contributed by atoms with Gasteiger partial charge in [0, 0.05) is 23.4 Å². The van der Waals surface area contributed by atoms with E-state index in [1.807, 2.05) is 30.0 Å². The van der Waals surface area contributed by atoms with Crippen molar-refractivity contribution in [3.05, 3.63) is 65.7 Å². The third-order valence-electron chi connectivity index (χ3n) is 3.36. The lowest BCUT2D eigenvalue weighted by Crippen LogP contribution is -2.11. The number of hydrogen-bond acceptors (Lipinski definition) is 3. The Hall–Kier alpha value is -2.07. The van der Waals surface area contributed by atoms with E-state index in [9.17, 15) is 9.59 Å². The topological polar surface area (TPSA) is 46.2 Å². The number of nitrogens with one attached hydrogen (secondary N) is 1. The lowest BCUT2D eigenvalue weighted by atomic mass is 10.1. The monoisotopic (exact) mass is 327 g/mol. The third kappa shape index (κ3) is 6.28. The summed E-state index contributed by atoms with van der Waals surface area (Å²) in [5.41, 5.74) is 2.60. The molecule has 1 N–H and O–H groups in total. The molecule has 0 unspecified atom stereocenters. The van der Waals surface area contributed by atoms with E-state index < -0.39 is 0 Å². The summed E-state index contributed by atoms with van der Waals surface area (Å²) in [6.07, 6.45) is 1.34. The third-order valence-corrected chi connectivity index (χ3v) is 4.47. The SMILES string of the molecule is CC(=O)c1cccc(NC(=O)CCCSCc2ccccc2)c1. The van der Waals surface area contributed by atoms with E-state index in [1.54, 1.807) is 24.3 Å². The largest absolute Gasteiger partial charge is 0.326 e. The fourth-order valence-electron chi connectivity index (χ4n) is 2.14. The van der Waals surface area contributed by atoms with Gasteiger partial charge in [0.2, 0.25) is 5.91 Å². The van der Waals surface area contributed by atoms with E-state index in [4.69, 9.17) is 0 Å². The summed E-state index contributed by atoms with van der Waals surface area (Å²) in [6.45, 7) is 1.52. The molecule has 120 valence electrons. The summed E-state index contributed by atoms with van der Waals surface area (Å²) in [4.78, 5) is 23.3. The average Bonchev–Trinajstić information content (AvgIpc) is 2.55. The van der Waals surface area contributed by atoms with E-state index in [2.05, 4.69) is 17.4 Å². The van der Waals surface area contributed by atoms with Crippen molar-refractivity contribution in [2.24, 2.45) is 0 Å². The Balaban J connectivity index is 1.67. The van der Waals surface area contributed by atoms with Crippen molar-refractivity contribution < 1.29 is 9.59 Å². The zero-order valence-electron chi connectivity index (χ0n) is 13.2. The van der Waals surface area contributed by atoms with Crippen LogP contribution in [0.5, 0.6) is 0 Å². The number of ketones is 1. The van der Waals surface area contributed by atoms with Gasteiger partial charge in [0.25, 0.3) is 0 Å². The first kappa shape index (κ1) is 17.3. The number of carbonyl (C=O) groups is 2. The van der Waals surface area contributed by atoms with Crippen molar-refractivity contribution in [1.82, 2.24) is 0 Å². The van der Waals surface area contributed by atoms with Crippen LogP contribution in [-0.4, -0.2) is 17.4 Å². The number of hydrogen-bond donors (Lipinski definition) is 1. The van der Waals surface area contributed by atoms with Crippen LogP contribution in [0.15, 0.2) is 54.6 Å². The molecule has 2 rings (SSSR count). The van der Waals surface area contributed by atoms with E-state index >= 15 is 0 Å². The molecule has 3 nitrogen and oxygen atoms in total. The van der Waals surface area contributed by atoms with Crippen molar-refractivity contribution in [2.75, 3.05) is 11.1 Å². The Morgan fingerprint density at radius 2 is 1.83 bits per heavy atom.